The third kappa shape index (κ3) is 2.22. The molecule has 0 aromatic carbocycles. The zero-order chi connectivity index (χ0) is 7.56. The van der Waals surface area contributed by atoms with Gasteiger partial charge in [0.05, 0.1) is 0 Å². The van der Waals surface area contributed by atoms with Gasteiger partial charge < -0.3 is 4.98 Å². The van der Waals surface area contributed by atoms with Crippen molar-refractivity contribution in [2.24, 2.45) is 0 Å². The van der Waals surface area contributed by atoms with Crippen LogP contribution in [0.3, 0.4) is 0 Å². The zero-order valence-corrected chi connectivity index (χ0v) is 14.1. The fourth-order valence-electron chi connectivity index (χ4n) is 0.753. The summed E-state index contributed by atoms with van der Waals surface area (Å²) < 4.78 is 0.756. The van der Waals surface area contributed by atoms with E-state index in [2.05, 4.69) is 25.0 Å². The maximum absolute atomic E-state index is 4.93. The van der Waals surface area contributed by atoms with Crippen LogP contribution >= 0.6 is 12.2 Å². The summed E-state index contributed by atoms with van der Waals surface area (Å²) >= 11 is 4.93. The summed E-state index contributed by atoms with van der Waals surface area (Å²) in [5.74, 6) is 0.535. The van der Waals surface area contributed by atoms with E-state index in [0.29, 0.717) is 5.92 Å². The van der Waals surface area contributed by atoms with Crippen molar-refractivity contribution in [3.8, 4) is 0 Å². The molecule has 1 aromatic heterocycles. The van der Waals surface area contributed by atoms with Crippen LogP contribution in [0.5, 0.6) is 0 Å². The molecule has 0 saturated heterocycles. The molecule has 0 spiro atoms. The van der Waals surface area contributed by atoms with Crippen LogP contribution in [-0.4, -0.2) is 4.98 Å². The Morgan fingerprint density at radius 1 is 1.55 bits per heavy atom. The van der Waals surface area contributed by atoms with E-state index >= 15 is 0 Å². The van der Waals surface area contributed by atoms with E-state index in [0.717, 1.165) is 4.64 Å². The fraction of sp³-hybridized carbons (Fsp3) is 0.375. The first kappa shape index (κ1) is 9.37. The molecule has 0 aliphatic rings. The average molecular weight is 419 g/mol. The number of nitrogens with one attached hydrogen (secondary N) is 1. The first-order valence-electron chi connectivity index (χ1n) is 3.30. The normalized spacial score (nSPS) is 9.36. The molecule has 1 rings (SSSR count). The van der Waals surface area contributed by atoms with Crippen LogP contribution in [0.4, 0.5) is 0 Å². The number of aromatic amines is 1. The summed E-state index contributed by atoms with van der Waals surface area (Å²) in [4.78, 5) is 2.82. The van der Waals surface area contributed by atoms with E-state index in [4.69, 9.17) is 12.2 Å². The molecular weight excluding hydrogens is 409 g/mol. The van der Waals surface area contributed by atoms with Crippen LogP contribution in [0.1, 0.15) is 25.3 Å². The molecule has 0 radical (unpaired) electrons. The van der Waals surface area contributed by atoms with E-state index in [1.165, 1.54) is 5.56 Å². The molecule has 1 nitrogen and oxygen atoms in total. The number of hydrogen-bond donors (Lipinski definition) is 1. The van der Waals surface area contributed by atoms with Gasteiger partial charge in [-0.2, -0.15) is 6.07 Å². The second-order valence-electron chi connectivity index (χ2n) is 2.58. The Kier molecular flexibility index (Phi) is 3.00. The van der Waals surface area contributed by atoms with Crippen LogP contribution in [-0.2, 0) is 0 Å². The molecule has 0 bridgehead atoms. The Balaban J connectivity index is 0.000001000. The molecule has 0 aliphatic heterocycles. The van der Waals surface area contributed by atoms with Crippen LogP contribution in [0.15, 0.2) is 12.1 Å². The van der Waals surface area contributed by atoms with Gasteiger partial charge in [0.1, 0.15) is 0 Å². The smallest absolute Gasteiger partial charge is 0 e. The van der Waals surface area contributed by atoms with Gasteiger partial charge in [-0.3, -0.25) is 0 Å². The second kappa shape index (κ2) is 3.52. The Morgan fingerprint density at radius 3 is 2.55 bits per heavy atom. The standard InChI is InChI=1S/C8H10NS.Rf/c1-6(2)7-3-4-9-8(10)5-7;/h3,5-6H,1-2H3,(H,9,10);/q-1;. The van der Waals surface area contributed by atoms with Crippen LogP contribution in [0.25, 0.3) is 0 Å². The molecule has 1 N–H and O–H groups in total. The van der Waals surface area contributed by atoms with Crippen LogP contribution in [0.2, 0.25) is 0 Å². The summed E-state index contributed by atoms with van der Waals surface area (Å²) in [6, 6.07) is 3.90. The Bertz CT molecular complexity index is 267. The molecule has 1 aromatic rings. The van der Waals surface area contributed by atoms with Crippen molar-refractivity contribution in [3.05, 3.63) is 28.5 Å². The zero-order valence-electron chi connectivity index (χ0n) is 6.85. The maximum atomic E-state index is 4.93. The number of aromatic nitrogens is 1. The van der Waals surface area contributed by atoms with Gasteiger partial charge in [-0.05, 0) is 4.64 Å². The number of pyridine rings is 1. The molecule has 0 unspecified atom stereocenters. The molecule has 0 amide bonds. The summed E-state index contributed by atoms with van der Waals surface area (Å²) in [6.45, 7) is 4.27. The second-order valence-corrected chi connectivity index (χ2v) is 3.02. The van der Waals surface area contributed by atoms with Gasteiger partial charge in [-0.1, -0.05) is 19.8 Å². The minimum absolute atomic E-state index is 0. The number of H-pyrrole nitrogens is 1. The quantitative estimate of drug-likeness (QED) is 0.547. The number of rotatable bonds is 1. The van der Waals surface area contributed by atoms with Gasteiger partial charge in [0.2, 0.25) is 0 Å². The van der Waals surface area contributed by atoms with Crippen molar-refractivity contribution in [2.75, 3.05) is 0 Å². The molecule has 3 heteroatoms. The first-order valence-corrected chi connectivity index (χ1v) is 3.71. The van der Waals surface area contributed by atoms with Gasteiger partial charge in [0.15, 0.2) is 0 Å². The summed E-state index contributed by atoms with van der Waals surface area (Å²) in [7, 11) is 0. The van der Waals surface area contributed by atoms with E-state index in [1.807, 2.05) is 12.1 Å². The molecule has 56 valence electrons. The van der Waals surface area contributed by atoms with E-state index in [1.54, 1.807) is 0 Å². The monoisotopic (exact) mass is 419 g/mol. The van der Waals surface area contributed by atoms with Crippen molar-refractivity contribution < 1.29 is 0 Å². The number of hydrogen-bond acceptors (Lipinski definition) is 1. The van der Waals surface area contributed by atoms with E-state index in [-0.39, 0.29) is 0 Å². The molecule has 11 heavy (non-hydrogen) atoms. The van der Waals surface area contributed by atoms with Gasteiger partial charge >= 0.3 is 0 Å². The minimum Gasteiger partial charge on any atom is -0.460 e. The van der Waals surface area contributed by atoms with Gasteiger partial charge in [0, 0.05) is 0 Å². The molecule has 0 saturated carbocycles. The largest absolute Gasteiger partial charge is 0.460 e. The van der Waals surface area contributed by atoms with Crippen molar-refractivity contribution >= 4 is 12.2 Å². The molecule has 0 atom stereocenters. The van der Waals surface area contributed by atoms with E-state index in [9.17, 15) is 0 Å². The molecule has 0 fully saturated rings. The van der Waals surface area contributed by atoms with Crippen molar-refractivity contribution in [2.45, 2.75) is 19.8 Å². The van der Waals surface area contributed by atoms with Gasteiger partial charge in [0.25, 0.3) is 0 Å². The van der Waals surface area contributed by atoms with Gasteiger partial charge in [-0.25, -0.2) is 0 Å². The average Bonchev–Trinajstić information content (AvgIpc) is 1.88. The third-order valence-corrected chi connectivity index (χ3v) is 1.62. The van der Waals surface area contributed by atoms with Crippen molar-refractivity contribution in [1.82, 2.24) is 4.98 Å². The first-order chi connectivity index (χ1) is 4.70. The Morgan fingerprint density at radius 2 is 2.18 bits per heavy atom. The molecular formula is C8H10NRfS-. The minimum atomic E-state index is 0. The summed E-state index contributed by atoms with van der Waals surface area (Å²) in [6.07, 6.45) is 2.88. The molecule has 0 aliphatic carbocycles. The Labute approximate surface area is 66.1 Å². The maximum Gasteiger partial charge on any atom is 0 e. The third-order valence-electron chi connectivity index (χ3n) is 1.40. The van der Waals surface area contributed by atoms with Crippen LogP contribution < -0.4 is 0 Å². The van der Waals surface area contributed by atoms with Crippen molar-refractivity contribution in [3.63, 3.8) is 0 Å². The SMILES string of the molecule is CC(C)c1c[c-][nH]c(=S)c1.[Rf]. The van der Waals surface area contributed by atoms with E-state index < -0.39 is 0 Å². The predicted molar refractivity (Wildman–Crippen MR) is 44.6 cm³/mol. The van der Waals surface area contributed by atoms with Crippen molar-refractivity contribution in [1.29, 1.82) is 0 Å². The predicted octanol–water partition coefficient (Wildman–Crippen LogP) is 2.67. The topological polar surface area (TPSA) is 15.8 Å². The Hall–Kier alpha value is -1.63. The van der Waals surface area contributed by atoms with Gasteiger partial charge in [-0.15, -0.1) is 30.0 Å². The summed E-state index contributed by atoms with van der Waals surface area (Å²) in [5, 5.41) is 0. The molecule has 1 heterocycles. The summed E-state index contributed by atoms with van der Waals surface area (Å²) in [5.41, 5.74) is 1.24. The fourth-order valence-corrected chi connectivity index (χ4v) is 0.948. The van der Waals surface area contributed by atoms with Crippen LogP contribution in [0, 0.1) is 10.8 Å².